The molecular formula is C47H48ClN7O7S. The van der Waals surface area contributed by atoms with E-state index in [0.29, 0.717) is 17.1 Å². The number of sulfonamides is 1. The lowest BCUT2D eigenvalue weighted by molar-refractivity contribution is -0.384. The summed E-state index contributed by atoms with van der Waals surface area (Å²) in [6.45, 7) is 8.83. The number of nitro groups is 1. The van der Waals surface area contributed by atoms with Crippen molar-refractivity contribution in [2.24, 2.45) is 5.41 Å². The van der Waals surface area contributed by atoms with Crippen LogP contribution in [0.5, 0.6) is 17.2 Å². The van der Waals surface area contributed by atoms with Gasteiger partial charge in [0, 0.05) is 73.7 Å². The highest BCUT2D eigenvalue weighted by Crippen LogP contribution is 2.43. The van der Waals surface area contributed by atoms with Gasteiger partial charge in [-0.1, -0.05) is 55.3 Å². The number of amides is 1. The lowest BCUT2D eigenvalue weighted by Gasteiger charge is -2.39. The number of hydrogen-bond acceptors (Lipinski definition) is 11. The molecule has 2 aliphatic rings. The normalized spacial score (nSPS) is 15.6. The Morgan fingerprint density at radius 2 is 1.71 bits per heavy atom. The predicted molar refractivity (Wildman–Crippen MR) is 245 cm³/mol. The van der Waals surface area contributed by atoms with Crippen molar-refractivity contribution in [3.8, 4) is 17.2 Å². The molecule has 0 radical (unpaired) electrons. The standard InChI is InChI=1S/C47H48ClN7O7S/c1-47(2)18-16-34(41(27-47)32-6-8-35(48)9-7-32)30-53-20-22-54(23-21-53)36-10-14-40(44(25-36)62-38-24-33-17-19-49-45(33)51-29-38)46(56)52-63(59,60)39-13-15-42(43(26-39)55(57)58)50-28-31-4-11-37(61-3)12-5-31/h4-15,17,19,24-26,29,50H,16,18,20-23,27-28,30H2,1-3H3,(H,49,51)(H,52,56). The molecule has 0 bridgehead atoms. The van der Waals surface area contributed by atoms with Gasteiger partial charge in [0.2, 0.25) is 0 Å². The zero-order valence-electron chi connectivity index (χ0n) is 35.2. The summed E-state index contributed by atoms with van der Waals surface area (Å²) in [5, 5.41) is 16.6. The third-order valence-corrected chi connectivity index (χ3v) is 13.3. The molecule has 1 aliphatic carbocycles. The smallest absolute Gasteiger partial charge is 0.293 e. The largest absolute Gasteiger partial charge is 0.497 e. The highest BCUT2D eigenvalue weighted by molar-refractivity contribution is 7.90. The Hall–Kier alpha value is -6.42. The Balaban J connectivity index is 1.00. The van der Waals surface area contributed by atoms with Crippen molar-refractivity contribution in [3.63, 3.8) is 0 Å². The molecule has 4 aromatic carbocycles. The maximum Gasteiger partial charge on any atom is 0.293 e. The highest BCUT2D eigenvalue weighted by Gasteiger charge is 2.30. The molecule has 3 N–H and O–H groups in total. The number of halogens is 1. The summed E-state index contributed by atoms with van der Waals surface area (Å²) >= 11 is 6.24. The third-order valence-electron chi connectivity index (χ3n) is 11.7. The van der Waals surface area contributed by atoms with E-state index in [4.69, 9.17) is 21.1 Å². The second kappa shape index (κ2) is 18.1. The summed E-state index contributed by atoms with van der Waals surface area (Å²) in [6, 6.07) is 27.4. The molecule has 1 amide bonds. The molecule has 0 saturated carbocycles. The van der Waals surface area contributed by atoms with Crippen molar-refractivity contribution in [2.75, 3.05) is 50.1 Å². The van der Waals surface area contributed by atoms with Crippen molar-refractivity contribution >= 4 is 61.2 Å². The van der Waals surface area contributed by atoms with Gasteiger partial charge >= 0.3 is 0 Å². The fourth-order valence-corrected chi connectivity index (χ4v) is 9.25. The Morgan fingerprint density at radius 1 is 0.952 bits per heavy atom. The van der Waals surface area contributed by atoms with Crippen LogP contribution in [0.2, 0.25) is 5.02 Å². The fraction of sp³-hybridized carbons (Fsp3) is 0.277. The minimum Gasteiger partial charge on any atom is -0.497 e. The zero-order chi connectivity index (χ0) is 44.3. The van der Waals surface area contributed by atoms with E-state index in [-0.39, 0.29) is 29.0 Å². The number of anilines is 2. The van der Waals surface area contributed by atoms with Crippen molar-refractivity contribution in [2.45, 2.75) is 44.6 Å². The molecule has 0 atom stereocenters. The molecule has 0 spiro atoms. The number of nitrogens with zero attached hydrogens (tertiary/aromatic N) is 4. The van der Waals surface area contributed by atoms with Gasteiger partial charge in [0.25, 0.3) is 21.6 Å². The fourth-order valence-electron chi connectivity index (χ4n) is 8.14. The first-order valence-electron chi connectivity index (χ1n) is 20.7. The molecule has 1 aliphatic heterocycles. The van der Waals surface area contributed by atoms with E-state index in [1.54, 1.807) is 43.6 Å². The number of ether oxygens (including phenoxy) is 2. The number of piperazine rings is 1. The number of methoxy groups -OCH3 is 1. The van der Waals surface area contributed by atoms with Crippen LogP contribution in [-0.2, 0) is 16.6 Å². The molecule has 8 rings (SSSR count). The van der Waals surface area contributed by atoms with Gasteiger partial charge in [0.15, 0.2) is 0 Å². The molecule has 1 fully saturated rings. The Bertz CT molecular complexity index is 2800. The maximum absolute atomic E-state index is 13.9. The van der Waals surface area contributed by atoms with Crippen molar-refractivity contribution in [3.05, 3.63) is 147 Å². The average molecular weight is 890 g/mol. The van der Waals surface area contributed by atoms with E-state index >= 15 is 0 Å². The van der Waals surface area contributed by atoms with E-state index in [1.807, 2.05) is 30.3 Å². The molecule has 326 valence electrons. The number of pyridine rings is 1. The van der Waals surface area contributed by atoms with Gasteiger partial charge in [-0.3, -0.25) is 19.8 Å². The minimum absolute atomic E-state index is 0.0516. The number of nitrogens with one attached hydrogen (secondary N) is 3. The minimum atomic E-state index is -4.59. The van der Waals surface area contributed by atoms with Crippen LogP contribution in [0.25, 0.3) is 16.6 Å². The quantitative estimate of drug-likeness (QED) is 0.0703. The summed E-state index contributed by atoms with van der Waals surface area (Å²) in [6.07, 6.45) is 6.45. The number of H-pyrrole nitrogens is 1. The number of aromatic amines is 1. The number of carbonyl (C=O) groups is 1. The SMILES string of the molecule is COc1ccc(CNc2ccc(S(=O)(=O)NC(=O)c3ccc(N4CCN(CC5=C(c6ccc(Cl)cc6)CC(C)(C)CC5)CC4)cc3Oc3cnc4[nH]ccc4c3)cc2[N+](=O)[O-])cc1. The van der Waals surface area contributed by atoms with Gasteiger partial charge in [-0.25, -0.2) is 18.1 Å². The molecule has 6 aromatic rings. The first-order valence-corrected chi connectivity index (χ1v) is 22.5. The van der Waals surface area contributed by atoms with E-state index in [9.17, 15) is 23.3 Å². The van der Waals surface area contributed by atoms with Gasteiger partial charge in [-0.2, -0.15) is 0 Å². The number of rotatable bonds is 14. The topological polar surface area (TPSA) is 172 Å². The Labute approximate surface area is 371 Å². The van der Waals surface area contributed by atoms with Crippen LogP contribution in [0, 0.1) is 15.5 Å². The molecule has 14 nitrogen and oxygen atoms in total. The highest BCUT2D eigenvalue weighted by atomic mass is 35.5. The summed E-state index contributed by atoms with van der Waals surface area (Å²) in [4.78, 5) is 37.1. The van der Waals surface area contributed by atoms with Gasteiger partial charge in [0.1, 0.15) is 28.6 Å². The number of nitro benzene ring substituents is 1. The van der Waals surface area contributed by atoms with Gasteiger partial charge in [-0.15, -0.1) is 0 Å². The van der Waals surface area contributed by atoms with Crippen molar-refractivity contribution in [1.82, 2.24) is 19.6 Å². The van der Waals surface area contributed by atoms with E-state index in [0.717, 1.165) is 79.7 Å². The molecule has 63 heavy (non-hydrogen) atoms. The van der Waals surface area contributed by atoms with Gasteiger partial charge in [-0.05, 0) is 102 Å². The lowest BCUT2D eigenvalue weighted by Crippen LogP contribution is -2.47. The summed E-state index contributed by atoms with van der Waals surface area (Å²) in [5.74, 6) is 0.153. The predicted octanol–water partition coefficient (Wildman–Crippen LogP) is 9.44. The van der Waals surface area contributed by atoms with Crippen LogP contribution in [0.4, 0.5) is 17.1 Å². The summed E-state index contributed by atoms with van der Waals surface area (Å²) < 4.78 is 41.0. The zero-order valence-corrected chi connectivity index (χ0v) is 36.8. The molecule has 2 aromatic heterocycles. The maximum atomic E-state index is 13.9. The number of fused-ring (bicyclic) bond motifs is 1. The molecule has 0 unspecified atom stereocenters. The average Bonchev–Trinajstić information content (AvgIpc) is 3.75. The third kappa shape index (κ3) is 10.1. The van der Waals surface area contributed by atoms with Crippen LogP contribution < -0.4 is 24.4 Å². The van der Waals surface area contributed by atoms with Crippen LogP contribution >= 0.6 is 11.6 Å². The lowest BCUT2D eigenvalue weighted by atomic mass is 9.72. The monoisotopic (exact) mass is 889 g/mol. The number of benzene rings is 4. The summed E-state index contributed by atoms with van der Waals surface area (Å²) in [7, 11) is -3.03. The molecular weight excluding hydrogens is 842 g/mol. The summed E-state index contributed by atoms with van der Waals surface area (Å²) in [5.41, 5.74) is 6.18. The number of aromatic nitrogens is 2. The Kier molecular flexibility index (Phi) is 12.4. The number of hydrogen-bond donors (Lipinski definition) is 3. The first-order chi connectivity index (χ1) is 30.2. The van der Waals surface area contributed by atoms with E-state index in [1.165, 1.54) is 41.1 Å². The van der Waals surface area contributed by atoms with Gasteiger partial charge < -0.3 is 24.7 Å². The number of carbonyl (C=O) groups excluding carboxylic acids is 1. The van der Waals surface area contributed by atoms with Crippen LogP contribution in [0.1, 0.15) is 54.6 Å². The van der Waals surface area contributed by atoms with Crippen LogP contribution in [0.15, 0.2) is 120 Å². The first kappa shape index (κ1) is 43.2. The van der Waals surface area contributed by atoms with Crippen LogP contribution in [-0.4, -0.2) is 73.9 Å². The molecule has 1 saturated heterocycles. The van der Waals surface area contributed by atoms with Crippen LogP contribution in [0.3, 0.4) is 0 Å². The molecule has 16 heteroatoms. The molecule has 3 heterocycles. The van der Waals surface area contributed by atoms with E-state index in [2.05, 4.69) is 55.8 Å². The van der Waals surface area contributed by atoms with E-state index < -0.39 is 31.4 Å². The van der Waals surface area contributed by atoms with Gasteiger partial charge in [0.05, 0.1) is 28.7 Å². The Morgan fingerprint density at radius 3 is 2.44 bits per heavy atom. The second-order valence-corrected chi connectivity index (χ2v) is 18.8. The second-order valence-electron chi connectivity index (χ2n) is 16.6. The van der Waals surface area contributed by atoms with Crippen molar-refractivity contribution in [1.29, 1.82) is 0 Å². The number of allylic oxidation sites excluding steroid dienone is 1. The van der Waals surface area contributed by atoms with Crippen molar-refractivity contribution < 1.29 is 27.6 Å².